The topological polar surface area (TPSA) is 46.6 Å². The van der Waals surface area contributed by atoms with Crippen molar-refractivity contribution < 1.29 is 21.9 Å². The Balaban J connectivity index is 1.80. The zero-order chi connectivity index (χ0) is 19.4. The van der Waals surface area contributed by atoms with E-state index in [1.165, 1.54) is 4.31 Å². The summed E-state index contributed by atoms with van der Waals surface area (Å²) in [4.78, 5) is 0. The third-order valence-corrected chi connectivity index (χ3v) is 6.75. The van der Waals surface area contributed by atoms with Crippen LogP contribution in [0.25, 0.3) is 0 Å². The van der Waals surface area contributed by atoms with Gasteiger partial charge in [-0.25, -0.2) is 21.5 Å². The molecule has 1 heterocycles. The van der Waals surface area contributed by atoms with Gasteiger partial charge in [0.2, 0.25) is 10.0 Å². The van der Waals surface area contributed by atoms with Gasteiger partial charge in [-0.15, -0.1) is 0 Å². The molecule has 0 aromatic heterocycles. The predicted molar refractivity (Wildman–Crippen MR) is 100 cm³/mol. The molecule has 1 saturated heterocycles. The van der Waals surface area contributed by atoms with E-state index < -0.39 is 27.4 Å². The number of sulfonamides is 1. The van der Waals surface area contributed by atoms with E-state index in [2.05, 4.69) is 0 Å². The third kappa shape index (κ3) is 4.84. The zero-order valence-electron chi connectivity index (χ0n) is 15.2. The number of hydrogen-bond donors (Lipinski definition) is 0. The number of methoxy groups -OCH3 is 1. The number of halogens is 2. The lowest BCUT2D eigenvalue weighted by molar-refractivity contribution is 0.403. The van der Waals surface area contributed by atoms with Gasteiger partial charge in [-0.05, 0) is 54.7 Å². The van der Waals surface area contributed by atoms with Crippen LogP contribution in [0.15, 0.2) is 42.5 Å². The maximum Gasteiger partial charge on any atom is 0.218 e. The van der Waals surface area contributed by atoms with Crippen molar-refractivity contribution in [3.8, 4) is 5.75 Å². The molecule has 3 rings (SSSR count). The SMILES string of the molecule is COc1ccc(C2CCCCN(S(=O)(=O)Cc3cc(F)ccc3F)C2)cc1. The highest BCUT2D eigenvalue weighted by Crippen LogP contribution is 2.30. The molecule has 146 valence electrons. The number of nitrogens with zero attached hydrogens (tertiary/aromatic N) is 1. The molecule has 27 heavy (non-hydrogen) atoms. The van der Waals surface area contributed by atoms with Crippen molar-refractivity contribution >= 4 is 10.0 Å². The van der Waals surface area contributed by atoms with E-state index in [4.69, 9.17) is 4.74 Å². The van der Waals surface area contributed by atoms with Crippen LogP contribution in [0.3, 0.4) is 0 Å². The van der Waals surface area contributed by atoms with Crippen LogP contribution < -0.4 is 4.74 Å². The Bertz CT molecular complexity index is 885. The molecule has 7 heteroatoms. The second-order valence-electron chi connectivity index (χ2n) is 6.82. The van der Waals surface area contributed by atoms with Crippen molar-refractivity contribution in [1.82, 2.24) is 4.31 Å². The summed E-state index contributed by atoms with van der Waals surface area (Å²) in [6.45, 7) is 0.734. The summed E-state index contributed by atoms with van der Waals surface area (Å²) in [5.41, 5.74) is 0.912. The Hall–Kier alpha value is -1.99. The monoisotopic (exact) mass is 395 g/mol. The fourth-order valence-corrected chi connectivity index (χ4v) is 5.06. The van der Waals surface area contributed by atoms with Gasteiger partial charge in [-0.1, -0.05) is 18.6 Å². The smallest absolute Gasteiger partial charge is 0.218 e. The first-order chi connectivity index (χ1) is 12.9. The highest BCUT2D eigenvalue weighted by Gasteiger charge is 2.29. The van der Waals surface area contributed by atoms with Crippen molar-refractivity contribution in [1.29, 1.82) is 0 Å². The summed E-state index contributed by atoms with van der Waals surface area (Å²) in [5, 5.41) is 0. The molecule has 0 N–H and O–H groups in total. The molecule has 0 radical (unpaired) electrons. The Morgan fingerprint density at radius 1 is 1.11 bits per heavy atom. The van der Waals surface area contributed by atoms with Crippen molar-refractivity contribution in [2.75, 3.05) is 20.2 Å². The number of benzene rings is 2. The minimum absolute atomic E-state index is 0.0607. The summed E-state index contributed by atoms with van der Waals surface area (Å²) in [6.07, 6.45) is 2.54. The molecule has 2 aromatic carbocycles. The molecular weight excluding hydrogens is 372 g/mol. The van der Waals surface area contributed by atoms with Gasteiger partial charge in [0, 0.05) is 18.7 Å². The molecule has 4 nitrogen and oxygen atoms in total. The number of ether oxygens (including phenoxy) is 1. The predicted octanol–water partition coefficient (Wildman–Crippen LogP) is 4.07. The van der Waals surface area contributed by atoms with E-state index in [1.54, 1.807) is 7.11 Å². The van der Waals surface area contributed by atoms with E-state index >= 15 is 0 Å². The van der Waals surface area contributed by atoms with Crippen LogP contribution in [-0.2, 0) is 15.8 Å². The minimum atomic E-state index is -3.75. The first-order valence-corrected chi connectivity index (χ1v) is 10.6. The Labute approximate surface area is 158 Å². The molecule has 0 saturated carbocycles. The quantitative estimate of drug-likeness (QED) is 0.767. The maximum atomic E-state index is 13.9. The van der Waals surface area contributed by atoms with Crippen molar-refractivity contribution in [2.24, 2.45) is 0 Å². The molecule has 2 aromatic rings. The van der Waals surface area contributed by atoms with Crippen LogP contribution in [0.1, 0.15) is 36.3 Å². The van der Waals surface area contributed by atoms with Gasteiger partial charge < -0.3 is 4.74 Å². The van der Waals surface area contributed by atoms with Crippen LogP contribution in [0.5, 0.6) is 5.75 Å². The highest BCUT2D eigenvalue weighted by atomic mass is 32.2. The second-order valence-corrected chi connectivity index (χ2v) is 8.78. The fraction of sp³-hybridized carbons (Fsp3) is 0.400. The molecule has 0 spiro atoms. The van der Waals surface area contributed by atoms with Crippen LogP contribution in [0.2, 0.25) is 0 Å². The molecule has 1 atom stereocenters. The highest BCUT2D eigenvalue weighted by molar-refractivity contribution is 7.88. The third-order valence-electron chi connectivity index (χ3n) is 4.96. The average molecular weight is 395 g/mol. The molecule has 0 amide bonds. The molecular formula is C20H23F2NO3S. The minimum Gasteiger partial charge on any atom is -0.497 e. The van der Waals surface area contributed by atoms with E-state index in [1.807, 2.05) is 24.3 Å². The maximum absolute atomic E-state index is 13.9. The lowest BCUT2D eigenvalue weighted by Gasteiger charge is -2.24. The summed E-state index contributed by atoms with van der Waals surface area (Å²) < 4.78 is 59.6. The fourth-order valence-electron chi connectivity index (χ4n) is 3.45. The largest absolute Gasteiger partial charge is 0.497 e. The molecule has 1 fully saturated rings. The van der Waals surface area contributed by atoms with Crippen molar-refractivity contribution in [3.63, 3.8) is 0 Å². The Kier molecular flexibility index (Phi) is 6.11. The zero-order valence-corrected chi connectivity index (χ0v) is 16.0. The van der Waals surface area contributed by atoms with Gasteiger partial charge in [-0.3, -0.25) is 0 Å². The first-order valence-electron chi connectivity index (χ1n) is 8.95. The molecule has 1 unspecified atom stereocenters. The number of rotatable bonds is 5. The number of hydrogen-bond acceptors (Lipinski definition) is 3. The standard InChI is InChI=1S/C20H23F2NO3S/c1-26-19-8-5-15(6-9-19)16-4-2-3-11-23(13-16)27(24,25)14-17-12-18(21)7-10-20(17)22/h5-10,12,16H,2-4,11,13-14H2,1H3. The summed E-state index contributed by atoms with van der Waals surface area (Å²) in [7, 11) is -2.15. The van der Waals surface area contributed by atoms with Gasteiger partial charge in [0.25, 0.3) is 0 Å². The van der Waals surface area contributed by atoms with E-state index in [9.17, 15) is 17.2 Å². The molecule has 0 bridgehead atoms. The average Bonchev–Trinajstić information content (AvgIpc) is 2.91. The van der Waals surface area contributed by atoms with E-state index in [-0.39, 0.29) is 11.5 Å². The van der Waals surface area contributed by atoms with Crippen molar-refractivity contribution in [3.05, 3.63) is 65.2 Å². The van der Waals surface area contributed by atoms with Gasteiger partial charge in [0.15, 0.2) is 0 Å². The summed E-state index contributed by atoms with van der Waals surface area (Å²) in [6, 6.07) is 10.5. The molecule has 1 aliphatic rings. The van der Waals surface area contributed by atoms with Crippen LogP contribution in [-0.4, -0.2) is 32.9 Å². The summed E-state index contributed by atoms with van der Waals surface area (Å²) >= 11 is 0. The van der Waals surface area contributed by atoms with Gasteiger partial charge in [0.1, 0.15) is 17.4 Å². The normalized spacial score (nSPS) is 18.9. The van der Waals surface area contributed by atoms with Crippen LogP contribution in [0, 0.1) is 11.6 Å². The molecule has 1 aliphatic heterocycles. The lowest BCUT2D eigenvalue weighted by atomic mass is 9.94. The lowest BCUT2D eigenvalue weighted by Crippen LogP contribution is -2.35. The first kappa shape index (κ1) is 19.8. The second kappa shape index (κ2) is 8.35. The molecule has 0 aliphatic carbocycles. The van der Waals surface area contributed by atoms with Crippen LogP contribution in [0.4, 0.5) is 8.78 Å². The van der Waals surface area contributed by atoms with E-state index in [0.29, 0.717) is 13.1 Å². The summed E-state index contributed by atoms with van der Waals surface area (Å²) in [5.74, 6) is -1.08. The Morgan fingerprint density at radius 3 is 2.56 bits per heavy atom. The van der Waals surface area contributed by atoms with Gasteiger partial charge >= 0.3 is 0 Å². The van der Waals surface area contributed by atoms with Crippen molar-refractivity contribution in [2.45, 2.75) is 30.9 Å². The van der Waals surface area contributed by atoms with Gasteiger partial charge in [0.05, 0.1) is 12.9 Å². The van der Waals surface area contributed by atoms with Gasteiger partial charge in [-0.2, -0.15) is 0 Å². The Morgan fingerprint density at radius 2 is 1.85 bits per heavy atom. The van der Waals surface area contributed by atoms with Crippen LogP contribution >= 0.6 is 0 Å². The van der Waals surface area contributed by atoms with E-state index in [0.717, 1.165) is 48.8 Å².